The van der Waals surface area contributed by atoms with Gasteiger partial charge < -0.3 is 37.0 Å². The number of amides is 4. The van der Waals surface area contributed by atoms with Crippen LogP contribution in [0.4, 0.5) is 10.5 Å². The van der Waals surface area contributed by atoms with Gasteiger partial charge in [-0.1, -0.05) is 35.9 Å². The molecular formula is C24H28N4O6. The molecule has 180 valence electrons. The Labute approximate surface area is 196 Å². The highest BCUT2D eigenvalue weighted by Crippen LogP contribution is 2.21. The predicted octanol–water partition coefficient (Wildman–Crippen LogP) is 0.455. The number of aryl methyl sites for hydroxylation is 1. The average Bonchev–Trinajstić information content (AvgIpc) is 2.79. The average molecular weight is 469 g/mol. The number of carbonyl (C=O) groups is 3. The first-order valence-corrected chi connectivity index (χ1v) is 10.7. The Kier molecular flexibility index (Phi) is 7.87. The number of phenolic OH excluding ortho intramolecular Hbond substituents is 1. The molecule has 0 aliphatic heterocycles. The molecule has 0 saturated carbocycles. The van der Waals surface area contributed by atoms with Crippen LogP contribution in [0.3, 0.4) is 0 Å². The SMILES string of the molecule is Cc1ccc(NC(=O)NC2C=C(C(=O)NC(Cc3ccc(O)cc3)C(N)=O)CC(O)C2O)cc1. The number of aliphatic hydroxyl groups is 2. The van der Waals surface area contributed by atoms with E-state index in [1.54, 1.807) is 24.3 Å². The second-order valence-corrected chi connectivity index (χ2v) is 8.24. The summed E-state index contributed by atoms with van der Waals surface area (Å²) in [5.41, 5.74) is 7.76. The molecule has 4 atom stereocenters. The normalized spacial score (nSPS) is 20.6. The number of hydrogen-bond acceptors (Lipinski definition) is 6. The zero-order valence-corrected chi connectivity index (χ0v) is 18.6. The standard InChI is InChI=1S/C24H28N4O6/c1-13-2-6-16(7-3-13)26-24(34)28-18-11-15(12-20(30)21(18)31)23(33)27-19(22(25)32)10-14-4-8-17(29)9-5-14/h2-9,11,18-21,29-31H,10,12H2,1H3,(H2,25,32)(H,27,33)(H2,26,28,34). The van der Waals surface area contributed by atoms with Crippen LogP contribution >= 0.6 is 0 Å². The number of aromatic hydroxyl groups is 1. The topological polar surface area (TPSA) is 174 Å². The number of anilines is 1. The first-order chi connectivity index (χ1) is 16.1. The summed E-state index contributed by atoms with van der Waals surface area (Å²) >= 11 is 0. The van der Waals surface area contributed by atoms with Gasteiger partial charge in [-0.3, -0.25) is 9.59 Å². The molecule has 0 fully saturated rings. The maximum absolute atomic E-state index is 12.8. The van der Waals surface area contributed by atoms with Crippen molar-refractivity contribution in [3.05, 3.63) is 71.3 Å². The van der Waals surface area contributed by atoms with Crippen molar-refractivity contribution in [2.24, 2.45) is 5.73 Å². The zero-order valence-electron chi connectivity index (χ0n) is 18.6. The van der Waals surface area contributed by atoms with Crippen LogP contribution in [0, 0.1) is 6.92 Å². The Hall–Kier alpha value is -3.89. The minimum Gasteiger partial charge on any atom is -0.508 e. The number of hydrogen-bond donors (Lipinski definition) is 7. The van der Waals surface area contributed by atoms with Gasteiger partial charge in [0.25, 0.3) is 0 Å². The van der Waals surface area contributed by atoms with Gasteiger partial charge in [-0.05, 0) is 36.8 Å². The van der Waals surface area contributed by atoms with Crippen molar-refractivity contribution in [3.63, 3.8) is 0 Å². The van der Waals surface area contributed by atoms with E-state index in [4.69, 9.17) is 5.73 Å². The van der Waals surface area contributed by atoms with Crippen LogP contribution in [0.2, 0.25) is 0 Å². The van der Waals surface area contributed by atoms with Crippen molar-refractivity contribution in [3.8, 4) is 5.75 Å². The van der Waals surface area contributed by atoms with Gasteiger partial charge in [0.15, 0.2) is 0 Å². The minimum atomic E-state index is -1.33. The number of primary amides is 1. The first kappa shape index (κ1) is 24.7. The van der Waals surface area contributed by atoms with Gasteiger partial charge in [0.1, 0.15) is 17.9 Å². The number of benzene rings is 2. The Balaban J connectivity index is 1.68. The minimum absolute atomic E-state index is 0.0632. The summed E-state index contributed by atoms with van der Waals surface area (Å²) in [6.07, 6.45) is -1.36. The number of urea groups is 1. The molecule has 3 rings (SSSR count). The van der Waals surface area contributed by atoms with Crippen LogP contribution in [-0.4, -0.2) is 57.5 Å². The van der Waals surface area contributed by atoms with Crippen LogP contribution in [-0.2, 0) is 16.0 Å². The van der Waals surface area contributed by atoms with Crippen molar-refractivity contribution in [2.75, 3.05) is 5.32 Å². The molecule has 10 nitrogen and oxygen atoms in total. The van der Waals surface area contributed by atoms with Crippen LogP contribution in [0.5, 0.6) is 5.75 Å². The Morgan fingerprint density at radius 3 is 2.32 bits per heavy atom. The summed E-state index contributed by atoms with van der Waals surface area (Å²) in [6.45, 7) is 1.91. The third-order valence-corrected chi connectivity index (χ3v) is 5.50. The molecule has 1 aliphatic rings. The van der Waals surface area contributed by atoms with Crippen molar-refractivity contribution < 1.29 is 29.7 Å². The molecular weight excluding hydrogens is 440 g/mol. The molecule has 1 aliphatic carbocycles. The van der Waals surface area contributed by atoms with E-state index in [0.29, 0.717) is 11.3 Å². The number of nitrogens with two attached hydrogens (primary N) is 1. The highest BCUT2D eigenvalue weighted by atomic mass is 16.3. The van der Waals surface area contributed by atoms with Crippen LogP contribution in [0.25, 0.3) is 0 Å². The molecule has 0 saturated heterocycles. The second kappa shape index (κ2) is 10.8. The van der Waals surface area contributed by atoms with Gasteiger partial charge in [0, 0.05) is 24.1 Å². The van der Waals surface area contributed by atoms with Crippen molar-refractivity contribution >= 4 is 23.5 Å². The maximum atomic E-state index is 12.8. The first-order valence-electron chi connectivity index (χ1n) is 10.7. The van der Waals surface area contributed by atoms with Crippen molar-refractivity contribution in [1.29, 1.82) is 0 Å². The van der Waals surface area contributed by atoms with Crippen LogP contribution in [0.15, 0.2) is 60.2 Å². The molecule has 0 aromatic heterocycles. The van der Waals surface area contributed by atoms with Gasteiger partial charge in [-0.25, -0.2) is 4.79 Å². The monoisotopic (exact) mass is 468 g/mol. The quantitative estimate of drug-likeness (QED) is 0.311. The van der Waals surface area contributed by atoms with Gasteiger partial charge in [-0.15, -0.1) is 0 Å². The van der Waals surface area contributed by atoms with Crippen molar-refractivity contribution in [2.45, 2.75) is 44.1 Å². The summed E-state index contributed by atoms with van der Waals surface area (Å²) in [5.74, 6) is -1.35. The number of aliphatic hydroxyl groups excluding tert-OH is 2. The lowest BCUT2D eigenvalue weighted by molar-refractivity contribution is -0.125. The molecule has 4 unspecified atom stereocenters. The highest BCUT2D eigenvalue weighted by Gasteiger charge is 2.34. The van der Waals surface area contributed by atoms with E-state index in [-0.39, 0.29) is 24.2 Å². The lowest BCUT2D eigenvalue weighted by atomic mass is 9.90. The van der Waals surface area contributed by atoms with Gasteiger partial charge >= 0.3 is 6.03 Å². The Morgan fingerprint density at radius 2 is 1.71 bits per heavy atom. The van der Waals surface area contributed by atoms with E-state index >= 15 is 0 Å². The molecule has 2 aromatic carbocycles. The van der Waals surface area contributed by atoms with Crippen molar-refractivity contribution in [1.82, 2.24) is 10.6 Å². The Morgan fingerprint density at radius 1 is 1.06 bits per heavy atom. The van der Waals surface area contributed by atoms with Crippen LogP contribution in [0.1, 0.15) is 17.5 Å². The summed E-state index contributed by atoms with van der Waals surface area (Å²) < 4.78 is 0. The van der Waals surface area contributed by atoms with Gasteiger partial charge in [-0.2, -0.15) is 0 Å². The largest absolute Gasteiger partial charge is 0.508 e. The fourth-order valence-electron chi connectivity index (χ4n) is 3.56. The molecule has 34 heavy (non-hydrogen) atoms. The number of phenols is 1. The summed E-state index contributed by atoms with van der Waals surface area (Å²) in [5, 5.41) is 37.7. The molecule has 8 N–H and O–H groups in total. The van der Waals surface area contributed by atoms with E-state index in [9.17, 15) is 29.7 Å². The van der Waals surface area contributed by atoms with E-state index < -0.39 is 42.1 Å². The van der Waals surface area contributed by atoms with Crippen LogP contribution < -0.4 is 21.7 Å². The third kappa shape index (κ3) is 6.56. The third-order valence-electron chi connectivity index (χ3n) is 5.50. The lowest BCUT2D eigenvalue weighted by Gasteiger charge is -2.31. The van der Waals surface area contributed by atoms with E-state index in [2.05, 4.69) is 16.0 Å². The van der Waals surface area contributed by atoms with Gasteiger partial charge in [0.05, 0.1) is 12.1 Å². The molecule has 4 amide bonds. The maximum Gasteiger partial charge on any atom is 0.319 e. The second-order valence-electron chi connectivity index (χ2n) is 8.24. The molecule has 0 heterocycles. The van der Waals surface area contributed by atoms with E-state index in [1.807, 2.05) is 19.1 Å². The Bertz CT molecular complexity index is 1070. The fraction of sp³-hybridized carbons (Fsp3) is 0.292. The fourth-order valence-corrected chi connectivity index (χ4v) is 3.56. The van der Waals surface area contributed by atoms with Gasteiger partial charge in [0.2, 0.25) is 11.8 Å². The lowest BCUT2D eigenvalue weighted by Crippen LogP contribution is -2.53. The summed E-state index contributed by atoms with van der Waals surface area (Å²) in [7, 11) is 0. The number of rotatable bonds is 7. The molecule has 0 bridgehead atoms. The summed E-state index contributed by atoms with van der Waals surface area (Å²) in [6, 6.07) is 10.5. The smallest absolute Gasteiger partial charge is 0.319 e. The zero-order chi connectivity index (χ0) is 24.8. The number of nitrogens with one attached hydrogen (secondary N) is 3. The molecule has 0 radical (unpaired) electrons. The molecule has 0 spiro atoms. The summed E-state index contributed by atoms with van der Waals surface area (Å²) in [4.78, 5) is 37.1. The predicted molar refractivity (Wildman–Crippen MR) is 125 cm³/mol. The molecule has 10 heteroatoms. The highest BCUT2D eigenvalue weighted by molar-refractivity contribution is 5.97. The molecule has 2 aromatic rings. The number of carbonyl (C=O) groups excluding carboxylic acids is 3. The van der Waals surface area contributed by atoms with E-state index in [0.717, 1.165) is 5.56 Å². The van der Waals surface area contributed by atoms with E-state index in [1.165, 1.54) is 18.2 Å².